The maximum Gasteiger partial charge on any atom is 0.332 e. The van der Waals surface area contributed by atoms with Crippen LogP contribution in [0.5, 0.6) is 0 Å². The molecule has 6 heteroatoms. The number of hydrogen-bond acceptors (Lipinski definition) is 3. The second-order valence-electron chi connectivity index (χ2n) is 2.90. The van der Waals surface area contributed by atoms with E-state index in [-0.39, 0.29) is 17.3 Å². The summed E-state index contributed by atoms with van der Waals surface area (Å²) >= 11 is 5.77. The van der Waals surface area contributed by atoms with Gasteiger partial charge in [0.1, 0.15) is 10.7 Å². The molecule has 0 spiro atoms. The van der Waals surface area contributed by atoms with Gasteiger partial charge in [0.05, 0.1) is 0 Å². The average molecular weight is 231 g/mol. The molecule has 1 heterocycles. The minimum absolute atomic E-state index is 0.0906. The van der Waals surface area contributed by atoms with Crippen LogP contribution in [0.25, 0.3) is 0 Å². The maximum atomic E-state index is 11.7. The van der Waals surface area contributed by atoms with Gasteiger partial charge >= 0.3 is 5.69 Å². The molecule has 15 heavy (non-hydrogen) atoms. The minimum atomic E-state index is -0.632. The van der Waals surface area contributed by atoms with E-state index >= 15 is 0 Å². The quantitative estimate of drug-likeness (QED) is 0.562. The Hall–Kier alpha value is -1.36. The first-order valence-electron chi connectivity index (χ1n) is 4.56. The minimum Gasteiger partial charge on any atom is -0.298 e. The van der Waals surface area contributed by atoms with E-state index in [1.807, 2.05) is 0 Å². The third-order valence-electron chi connectivity index (χ3n) is 2.15. The molecule has 0 N–H and O–H groups in total. The molecule has 82 valence electrons. The summed E-state index contributed by atoms with van der Waals surface area (Å²) in [6.45, 7) is 3.91. The molecule has 0 radical (unpaired) electrons. The first kappa shape index (κ1) is 11.7. The second-order valence-corrected chi connectivity index (χ2v) is 3.26. The molecular formula is C9H11ClN2O3. The fourth-order valence-electron chi connectivity index (χ4n) is 1.35. The van der Waals surface area contributed by atoms with Crippen LogP contribution in [0.2, 0.25) is 5.15 Å². The summed E-state index contributed by atoms with van der Waals surface area (Å²) in [5.74, 6) is 0. The van der Waals surface area contributed by atoms with Crippen molar-refractivity contribution in [3.05, 3.63) is 31.6 Å². The number of aromatic nitrogens is 2. The zero-order chi connectivity index (χ0) is 11.6. The van der Waals surface area contributed by atoms with Gasteiger partial charge in [-0.05, 0) is 13.8 Å². The van der Waals surface area contributed by atoms with E-state index in [0.717, 1.165) is 4.57 Å². The monoisotopic (exact) mass is 230 g/mol. The molecule has 0 fully saturated rings. The first-order chi connectivity index (χ1) is 7.08. The summed E-state index contributed by atoms with van der Waals surface area (Å²) < 4.78 is 2.18. The predicted octanol–water partition coefficient (Wildman–Crippen LogP) is 0.516. The van der Waals surface area contributed by atoms with Gasteiger partial charge < -0.3 is 0 Å². The zero-order valence-corrected chi connectivity index (χ0v) is 9.24. The Morgan fingerprint density at radius 2 is 1.73 bits per heavy atom. The molecular weight excluding hydrogens is 220 g/mol. The van der Waals surface area contributed by atoms with Gasteiger partial charge in [-0.1, -0.05) is 11.6 Å². The molecule has 5 nitrogen and oxygen atoms in total. The van der Waals surface area contributed by atoms with Crippen molar-refractivity contribution in [2.45, 2.75) is 26.9 Å². The topological polar surface area (TPSA) is 61.1 Å². The molecule has 0 saturated carbocycles. The first-order valence-corrected chi connectivity index (χ1v) is 4.94. The molecule has 1 aromatic rings. The van der Waals surface area contributed by atoms with Crippen LogP contribution in [-0.2, 0) is 13.1 Å². The molecule has 0 aliphatic carbocycles. The van der Waals surface area contributed by atoms with Crippen molar-refractivity contribution in [2.24, 2.45) is 0 Å². The second kappa shape index (κ2) is 4.44. The van der Waals surface area contributed by atoms with Crippen LogP contribution in [-0.4, -0.2) is 15.4 Å². The van der Waals surface area contributed by atoms with Gasteiger partial charge in [0.25, 0.3) is 5.56 Å². The number of carbonyl (C=O) groups is 1. The van der Waals surface area contributed by atoms with Gasteiger partial charge in [0, 0.05) is 13.1 Å². The maximum absolute atomic E-state index is 11.7. The number of hydrogen-bond donors (Lipinski definition) is 0. The van der Waals surface area contributed by atoms with E-state index in [2.05, 4.69) is 0 Å². The van der Waals surface area contributed by atoms with Crippen molar-refractivity contribution in [3.63, 3.8) is 0 Å². The third kappa shape index (κ3) is 1.74. The molecule has 0 saturated heterocycles. The Morgan fingerprint density at radius 3 is 2.13 bits per heavy atom. The molecule has 0 aliphatic heterocycles. The highest BCUT2D eigenvalue weighted by Crippen LogP contribution is 2.07. The van der Waals surface area contributed by atoms with E-state index in [1.54, 1.807) is 13.8 Å². The standard InChI is InChI=1S/C9H11ClN2O3/c1-3-11-7(10)6(5-13)8(14)12(4-2)9(11)15/h5H,3-4H2,1-2H3. The fraction of sp³-hybridized carbons (Fsp3) is 0.444. The average Bonchev–Trinajstić information content (AvgIpc) is 2.19. The van der Waals surface area contributed by atoms with E-state index in [4.69, 9.17) is 11.6 Å². The van der Waals surface area contributed by atoms with Gasteiger partial charge in [0.15, 0.2) is 6.29 Å². The number of halogens is 1. The van der Waals surface area contributed by atoms with Crippen LogP contribution < -0.4 is 11.2 Å². The van der Waals surface area contributed by atoms with Crippen LogP contribution in [0.4, 0.5) is 0 Å². The highest BCUT2D eigenvalue weighted by atomic mass is 35.5. The van der Waals surface area contributed by atoms with Crippen LogP contribution in [0, 0.1) is 0 Å². The lowest BCUT2D eigenvalue weighted by atomic mass is 10.3. The van der Waals surface area contributed by atoms with Crippen LogP contribution in [0.3, 0.4) is 0 Å². The van der Waals surface area contributed by atoms with Gasteiger partial charge in [-0.25, -0.2) is 4.79 Å². The van der Waals surface area contributed by atoms with Crippen molar-refractivity contribution in [2.75, 3.05) is 0 Å². The third-order valence-corrected chi connectivity index (χ3v) is 2.55. The molecule has 0 aromatic carbocycles. The van der Waals surface area contributed by atoms with Crippen LogP contribution >= 0.6 is 11.6 Å². The SMILES string of the molecule is CCn1c(Cl)c(C=O)c(=O)n(CC)c1=O. The Bertz CT molecular complexity index is 501. The molecule has 0 unspecified atom stereocenters. The molecule has 0 bridgehead atoms. The van der Waals surface area contributed by atoms with Gasteiger partial charge in [-0.3, -0.25) is 18.7 Å². The lowest BCUT2D eigenvalue weighted by Gasteiger charge is -2.10. The van der Waals surface area contributed by atoms with E-state index in [9.17, 15) is 14.4 Å². The predicted molar refractivity (Wildman–Crippen MR) is 56.7 cm³/mol. The smallest absolute Gasteiger partial charge is 0.298 e. The van der Waals surface area contributed by atoms with Crippen molar-refractivity contribution >= 4 is 17.9 Å². The highest BCUT2D eigenvalue weighted by Gasteiger charge is 2.14. The lowest BCUT2D eigenvalue weighted by Crippen LogP contribution is -2.41. The summed E-state index contributed by atoms with van der Waals surface area (Å²) in [5.41, 5.74) is -1.28. The van der Waals surface area contributed by atoms with Crippen molar-refractivity contribution in [3.8, 4) is 0 Å². The molecule has 1 rings (SSSR count). The van der Waals surface area contributed by atoms with E-state index < -0.39 is 11.2 Å². The van der Waals surface area contributed by atoms with E-state index in [1.165, 1.54) is 4.57 Å². The molecule has 1 aromatic heterocycles. The van der Waals surface area contributed by atoms with Crippen LogP contribution in [0.15, 0.2) is 9.59 Å². The Labute approximate surface area is 90.9 Å². The van der Waals surface area contributed by atoms with E-state index in [0.29, 0.717) is 12.8 Å². The highest BCUT2D eigenvalue weighted by molar-refractivity contribution is 6.31. The number of nitrogens with zero attached hydrogens (tertiary/aromatic N) is 2. The van der Waals surface area contributed by atoms with Gasteiger partial charge in [-0.15, -0.1) is 0 Å². The van der Waals surface area contributed by atoms with Gasteiger partial charge in [-0.2, -0.15) is 0 Å². The Morgan fingerprint density at radius 1 is 1.20 bits per heavy atom. The molecule has 0 atom stereocenters. The molecule has 0 amide bonds. The summed E-state index contributed by atoms with van der Waals surface area (Å²) in [6, 6.07) is 0. The van der Waals surface area contributed by atoms with Gasteiger partial charge in [0.2, 0.25) is 0 Å². The summed E-state index contributed by atoms with van der Waals surface area (Å²) in [5, 5.41) is -0.0906. The summed E-state index contributed by atoms with van der Waals surface area (Å²) in [4.78, 5) is 33.9. The zero-order valence-electron chi connectivity index (χ0n) is 8.49. The fourth-order valence-corrected chi connectivity index (χ4v) is 1.66. The number of carbonyl (C=O) groups excluding carboxylic acids is 1. The largest absolute Gasteiger partial charge is 0.332 e. The summed E-state index contributed by atoms with van der Waals surface area (Å²) in [6.07, 6.45) is 0.377. The lowest BCUT2D eigenvalue weighted by molar-refractivity contribution is 0.112. The van der Waals surface area contributed by atoms with Crippen molar-refractivity contribution < 1.29 is 4.79 Å². The Balaban J connectivity index is 3.81. The summed E-state index contributed by atoms with van der Waals surface area (Å²) in [7, 11) is 0. The number of rotatable bonds is 3. The van der Waals surface area contributed by atoms with Crippen molar-refractivity contribution in [1.82, 2.24) is 9.13 Å². The Kier molecular flexibility index (Phi) is 3.47. The van der Waals surface area contributed by atoms with Crippen LogP contribution in [0.1, 0.15) is 24.2 Å². The molecule has 0 aliphatic rings. The normalized spacial score (nSPS) is 10.3. The van der Waals surface area contributed by atoms with Crippen molar-refractivity contribution in [1.29, 1.82) is 0 Å². The number of aldehydes is 1.